The average Bonchev–Trinajstić information content (AvgIpc) is 2.99. The quantitative estimate of drug-likeness (QED) is 0.297. The van der Waals surface area contributed by atoms with Crippen LogP contribution in [0.2, 0.25) is 0 Å². The summed E-state index contributed by atoms with van der Waals surface area (Å²) in [6.45, 7) is 0. The molecule has 0 radical (unpaired) electrons. The third-order valence-corrected chi connectivity index (χ3v) is 9.77. The van der Waals surface area contributed by atoms with Gasteiger partial charge in [-0.25, -0.2) is 0 Å². The molecule has 1 aromatic rings. The topological polar surface area (TPSA) is 54.4 Å². The van der Waals surface area contributed by atoms with Crippen LogP contribution in [-0.4, -0.2) is 27.0 Å². The average molecular weight is 555 g/mol. The summed E-state index contributed by atoms with van der Waals surface area (Å²) in [5, 5.41) is -0.236. The van der Waals surface area contributed by atoms with Gasteiger partial charge in [-0.1, -0.05) is 88.7 Å². The fourth-order valence-electron chi connectivity index (χ4n) is 3.28. The molecule has 2 aliphatic rings. The summed E-state index contributed by atoms with van der Waals surface area (Å²) in [5.74, 6) is 0. The fraction of sp³-hybridized carbons (Fsp3) is 0.500. The van der Waals surface area contributed by atoms with Crippen molar-refractivity contribution in [2.75, 3.05) is 0 Å². The summed E-state index contributed by atoms with van der Waals surface area (Å²) in [5.41, 5.74) is 2.18. The molecule has 0 aromatic heterocycles. The SMILES string of the molecule is ClC1=C(C2=CCCCCC2)CCC(Cl)C(Cl)(Cl)C1(Cl)Cl.O=S(=O)(O)c1ccccc1. The van der Waals surface area contributed by atoms with Gasteiger partial charge in [-0.2, -0.15) is 8.42 Å². The minimum Gasteiger partial charge on any atom is -0.282 e. The Labute approximate surface area is 208 Å². The van der Waals surface area contributed by atoms with Crippen LogP contribution in [0.4, 0.5) is 0 Å². The molecule has 0 aliphatic heterocycles. The second-order valence-electron chi connectivity index (χ2n) is 7.11. The predicted octanol–water partition coefficient (Wildman–Crippen LogP) is 8.05. The smallest absolute Gasteiger partial charge is 0.282 e. The lowest BCUT2D eigenvalue weighted by atomic mass is 9.97. The van der Waals surface area contributed by atoms with Crippen molar-refractivity contribution in [3.8, 4) is 0 Å². The van der Waals surface area contributed by atoms with Gasteiger partial charge in [0.1, 0.15) is 0 Å². The van der Waals surface area contributed by atoms with Crippen molar-refractivity contribution in [1.29, 1.82) is 0 Å². The largest absolute Gasteiger partial charge is 0.294 e. The highest BCUT2D eigenvalue weighted by Gasteiger charge is 2.56. The maximum absolute atomic E-state index is 10.4. The van der Waals surface area contributed by atoms with Crippen LogP contribution in [-0.2, 0) is 10.1 Å². The van der Waals surface area contributed by atoms with Crippen LogP contribution in [0.25, 0.3) is 0 Å². The summed E-state index contributed by atoms with van der Waals surface area (Å²) in [6.07, 6.45) is 9.14. The van der Waals surface area contributed by atoms with Gasteiger partial charge in [-0.3, -0.25) is 4.55 Å². The van der Waals surface area contributed by atoms with Crippen molar-refractivity contribution < 1.29 is 13.0 Å². The maximum Gasteiger partial charge on any atom is 0.294 e. The highest BCUT2D eigenvalue weighted by atomic mass is 35.5. The third kappa shape index (κ3) is 6.45. The first-order valence-corrected chi connectivity index (χ1v) is 13.2. The van der Waals surface area contributed by atoms with Crippen molar-refractivity contribution in [2.45, 2.75) is 63.9 Å². The molecule has 1 N–H and O–H groups in total. The molecule has 30 heavy (non-hydrogen) atoms. The predicted molar refractivity (Wildman–Crippen MR) is 128 cm³/mol. The van der Waals surface area contributed by atoms with E-state index >= 15 is 0 Å². The lowest BCUT2D eigenvalue weighted by Crippen LogP contribution is -2.43. The Balaban J connectivity index is 0.000000269. The van der Waals surface area contributed by atoms with Gasteiger partial charge in [0.15, 0.2) is 8.67 Å². The Hall–Kier alpha value is 0.350. The van der Waals surface area contributed by atoms with Gasteiger partial charge >= 0.3 is 0 Å². The number of alkyl halides is 5. The van der Waals surface area contributed by atoms with Crippen molar-refractivity contribution in [3.63, 3.8) is 0 Å². The Bertz CT molecular complexity index is 894. The van der Waals surface area contributed by atoms with E-state index < -0.39 is 24.2 Å². The first-order chi connectivity index (χ1) is 13.9. The zero-order valence-electron chi connectivity index (χ0n) is 15.9. The van der Waals surface area contributed by atoms with E-state index in [1.807, 2.05) is 0 Å². The molecule has 0 saturated carbocycles. The first kappa shape index (κ1) is 26.6. The van der Waals surface area contributed by atoms with Crippen molar-refractivity contribution in [1.82, 2.24) is 0 Å². The molecule has 0 spiro atoms. The van der Waals surface area contributed by atoms with Gasteiger partial charge in [-0.05, 0) is 61.8 Å². The van der Waals surface area contributed by atoms with Crippen molar-refractivity contribution in [2.24, 2.45) is 0 Å². The number of hydrogen-bond acceptors (Lipinski definition) is 2. The van der Waals surface area contributed by atoms with E-state index in [1.54, 1.807) is 18.2 Å². The summed E-state index contributed by atoms with van der Waals surface area (Å²) in [6, 6.07) is 7.42. The number of benzene rings is 1. The van der Waals surface area contributed by atoms with Crippen LogP contribution in [0.1, 0.15) is 44.9 Å². The van der Waals surface area contributed by atoms with E-state index in [0.29, 0.717) is 17.9 Å². The molecule has 1 aromatic carbocycles. The monoisotopic (exact) mass is 552 g/mol. The van der Waals surface area contributed by atoms with E-state index in [2.05, 4.69) is 6.08 Å². The van der Waals surface area contributed by atoms with Crippen molar-refractivity contribution >= 4 is 79.7 Å². The zero-order valence-corrected chi connectivity index (χ0v) is 21.3. The molecule has 3 rings (SSSR count). The number of rotatable bonds is 2. The Morgan fingerprint density at radius 3 is 2.17 bits per heavy atom. The molecule has 0 saturated heterocycles. The van der Waals surface area contributed by atoms with Gasteiger partial charge in [0.05, 0.1) is 15.3 Å². The minimum absolute atomic E-state index is 0.0741. The third-order valence-electron chi connectivity index (χ3n) is 4.97. The standard InChI is InChI=1S/C14H16Cl6.C6H6O3S/c15-11-8-7-10(9-5-3-1-2-4-6-9)12(16)14(19,20)13(11,17)18;7-10(8,9)6-4-2-1-3-5-6/h5,11H,1-4,6-8H2;1-5H,(H,7,8,9). The number of allylic oxidation sites excluding steroid dienone is 4. The molecule has 3 nitrogen and oxygen atoms in total. The van der Waals surface area contributed by atoms with E-state index in [0.717, 1.165) is 24.8 Å². The molecule has 0 amide bonds. The van der Waals surface area contributed by atoms with Gasteiger partial charge in [-0.15, -0.1) is 11.6 Å². The maximum atomic E-state index is 10.4. The van der Waals surface area contributed by atoms with Crippen LogP contribution in [0.5, 0.6) is 0 Å². The lowest BCUT2D eigenvalue weighted by Gasteiger charge is -2.34. The Morgan fingerprint density at radius 2 is 1.60 bits per heavy atom. The van der Waals surface area contributed by atoms with Gasteiger partial charge in [0.25, 0.3) is 10.1 Å². The van der Waals surface area contributed by atoms with Gasteiger partial charge < -0.3 is 0 Å². The highest BCUT2D eigenvalue weighted by Crippen LogP contribution is 2.57. The molecule has 1 unspecified atom stereocenters. The molecule has 1 atom stereocenters. The van der Waals surface area contributed by atoms with Gasteiger partial charge in [0, 0.05) is 0 Å². The van der Waals surface area contributed by atoms with Crippen LogP contribution < -0.4 is 0 Å². The molecule has 0 bridgehead atoms. The van der Waals surface area contributed by atoms with Crippen molar-refractivity contribution in [3.05, 3.63) is 52.6 Å². The molecular formula is C20H22Cl6O3S. The second-order valence-corrected chi connectivity index (χ2v) is 12.2. The van der Waals surface area contributed by atoms with Crippen LogP contribution in [0.3, 0.4) is 0 Å². The highest BCUT2D eigenvalue weighted by molar-refractivity contribution is 7.85. The second kappa shape index (κ2) is 11.0. The van der Waals surface area contributed by atoms with Crippen LogP contribution >= 0.6 is 69.6 Å². The normalized spacial score (nSPS) is 24.1. The van der Waals surface area contributed by atoms with E-state index in [-0.39, 0.29) is 4.90 Å². The lowest BCUT2D eigenvalue weighted by molar-refractivity contribution is 0.483. The Morgan fingerprint density at radius 1 is 0.967 bits per heavy atom. The molecule has 0 heterocycles. The van der Waals surface area contributed by atoms with Crippen LogP contribution in [0, 0.1) is 0 Å². The molecule has 2 aliphatic carbocycles. The molecule has 10 heteroatoms. The first-order valence-electron chi connectivity index (χ1n) is 9.39. The van der Waals surface area contributed by atoms with Gasteiger partial charge in [0.2, 0.25) is 0 Å². The summed E-state index contributed by atoms with van der Waals surface area (Å²) < 4.78 is 26.1. The molecule has 0 fully saturated rings. The summed E-state index contributed by atoms with van der Waals surface area (Å²) in [7, 11) is -4.00. The number of halogens is 6. The summed E-state index contributed by atoms with van der Waals surface area (Å²) >= 11 is 38.0. The molecule has 168 valence electrons. The summed E-state index contributed by atoms with van der Waals surface area (Å²) in [4.78, 5) is -0.0741. The number of hydrogen-bond donors (Lipinski definition) is 1. The van der Waals surface area contributed by atoms with E-state index in [1.165, 1.54) is 30.5 Å². The van der Waals surface area contributed by atoms with Crippen LogP contribution in [0.15, 0.2) is 57.5 Å². The van der Waals surface area contributed by atoms with E-state index in [4.69, 9.17) is 74.2 Å². The fourth-order valence-corrected chi connectivity index (χ4v) is 5.52. The molecular weight excluding hydrogens is 533 g/mol. The minimum atomic E-state index is -4.00. The zero-order chi connectivity index (χ0) is 22.6. The van der Waals surface area contributed by atoms with E-state index in [9.17, 15) is 8.42 Å². The Kier molecular flexibility index (Phi) is 9.74.